The van der Waals surface area contributed by atoms with E-state index in [1.54, 1.807) is 13.3 Å². The second kappa shape index (κ2) is 9.21. The summed E-state index contributed by atoms with van der Waals surface area (Å²) in [6.45, 7) is 2.19. The maximum Gasteiger partial charge on any atom is 0.106 e. The molecule has 0 saturated heterocycles. The van der Waals surface area contributed by atoms with Crippen molar-refractivity contribution in [1.82, 2.24) is 0 Å². The molecule has 0 bridgehead atoms. The first-order valence-corrected chi connectivity index (χ1v) is 4.11. The third kappa shape index (κ3) is 9.21. The zero-order valence-corrected chi connectivity index (χ0v) is 7.42. The Morgan fingerprint density at radius 1 is 1.36 bits per heavy atom. The highest BCUT2D eigenvalue weighted by Crippen LogP contribution is 1.95. The summed E-state index contributed by atoms with van der Waals surface area (Å²) in [6.07, 6.45) is 10.6. The van der Waals surface area contributed by atoms with Gasteiger partial charge in [-0.15, -0.1) is 0 Å². The van der Waals surface area contributed by atoms with Crippen molar-refractivity contribution in [3.63, 3.8) is 0 Å². The molecule has 0 rings (SSSR count). The first-order valence-electron chi connectivity index (χ1n) is 4.11. The topological polar surface area (TPSA) is 21.6 Å². The minimum atomic E-state index is 0.873. The molecule has 0 N–H and O–H groups in total. The van der Waals surface area contributed by atoms with Crippen LogP contribution in [0.4, 0.5) is 0 Å². The van der Waals surface area contributed by atoms with Gasteiger partial charge in [0.15, 0.2) is 0 Å². The average molecular weight is 155 g/mol. The van der Waals surface area contributed by atoms with E-state index < -0.39 is 0 Å². The van der Waals surface area contributed by atoms with Gasteiger partial charge < -0.3 is 4.84 Å². The molecule has 2 nitrogen and oxygen atoms in total. The standard InChI is InChI=1S/C9H17NO/c1-3-4-5-6-7-8-9-10-11-2/h6-7,9H,3-5,8H2,1-2H3/b7-6+,10-9-. The first kappa shape index (κ1) is 10.2. The molecule has 64 valence electrons. The lowest BCUT2D eigenvalue weighted by Gasteiger charge is -1.87. The Labute approximate surface area is 68.9 Å². The zero-order valence-electron chi connectivity index (χ0n) is 7.42. The average Bonchev–Trinajstić information content (AvgIpc) is 2.03. The Morgan fingerprint density at radius 3 is 2.82 bits per heavy atom. The van der Waals surface area contributed by atoms with Crippen molar-refractivity contribution in [2.45, 2.75) is 32.6 Å². The lowest BCUT2D eigenvalue weighted by molar-refractivity contribution is 0.215. The summed E-state index contributed by atoms with van der Waals surface area (Å²) in [5.41, 5.74) is 0. The first-order chi connectivity index (χ1) is 5.41. The van der Waals surface area contributed by atoms with Crippen molar-refractivity contribution < 1.29 is 4.84 Å². The molecule has 11 heavy (non-hydrogen) atoms. The lowest BCUT2D eigenvalue weighted by atomic mass is 10.2. The van der Waals surface area contributed by atoms with Crippen LogP contribution in [0, 0.1) is 0 Å². The van der Waals surface area contributed by atoms with Crippen LogP contribution in [0.3, 0.4) is 0 Å². The van der Waals surface area contributed by atoms with Crippen molar-refractivity contribution in [3.8, 4) is 0 Å². The quantitative estimate of drug-likeness (QED) is 0.250. The molecule has 0 radical (unpaired) electrons. The Bertz CT molecular complexity index is 119. The minimum absolute atomic E-state index is 0.873. The molecule has 0 aliphatic carbocycles. The van der Waals surface area contributed by atoms with Gasteiger partial charge in [0.2, 0.25) is 0 Å². The largest absolute Gasteiger partial charge is 0.399 e. The summed E-state index contributed by atoms with van der Waals surface area (Å²) in [6, 6.07) is 0. The van der Waals surface area contributed by atoms with Crippen LogP contribution in [0.1, 0.15) is 32.6 Å². The molecule has 0 fully saturated rings. The van der Waals surface area contributed by atoms with Crippen LogP contribution in [-0.4, -0.2) is 13.3 Å². The molecular weight excluding hydrogens is 138 g/mol. The zero-order chi connectivity index (χ0) is 8.36. The molecule has 0 aromatic rings. The van der Waals surface area contributed by atoms with Crippen LogP contribution in [0.2, 0.25) is 0 Å². The number of unbranched alkanes of at least 4 members (excludes halogenated alkanes) is 2. The SMILES string of the molecule is CCCC/C=C/C/C=N\OC. The van der Waals surface area contributed by atoms with Gasteiger partial charge in [0, 0.05) is 12.6 Å². The predicted molar refractivity (Wildman–Crippen MR) is 48.8 cm³/mol. The number of oxime groups is 1. The molecule has 0 unspecified atom stereocenters. The molecule has 0 amide bonds. The van der Waals surface area contributed by atoms with Crippen LogP contribution in [0.25, 0.3) is 0 Å². The molecule has 2 heteroatoms. The van der Waals surface area contributed by atoms with Gasteiger partial charge in [-0.2, -0.15) is 0 Å². The molecule has 0 heterocycles. The summed E-state index contributed by atoms with van der Waals surface area (Å²) in [4.78, 5) is 4.51. The summed E-state index contributed by atoms with van der Waals surface area (Å²) in [7, 11) is 1.55. The highest BCUT2D eigenvalue weighted by Gasteiger charge is 1.76. The number of hydrogen-bond donors (Lipinski definition) is 0. The maximum atomic E-state index is 4.51. The fourth-order valence-corrected chi connectivity index (χ4v) is 0.714. The van der Waals surface area contributed by atoms with Gasteiger partial charge in [-0.25, -0.2) is 0 Å². The third-order valence-electron chi connectivity index (χ3n) is 1.31. The summed E-state index contributed by atoms with van der Waals surface area (Å²) < 4.78 is 0. The predicted octanol–water partition coefficient (Wildman–Crippen LogP) is 2.76. The Morgan fingerprint density at radius 2 is 2.18 bits per heavy atom. The Hall–Kier alpha value is -0.790. The smallest absolute Gasteiger partial charge is 0.106 e. The van der Waals surface area contributed by atoms with E-state index in [-0.39, 0.29) is 0 Å². The molecule has 0 aliphatic heterocycles. The van der Waals surface area contributed by atoms with Crippen LogP contribution in [-0.2, 0) is 4.84 Å². The molecule has 0 aromatic heterocycles. The van der Waals surface area contributed by atoms with Gasteiger partial charge in [-0.1, -0.05) is 37.1 Å². The van der Waals surface area contributed by atoms with Crippen molar-refractivity contribution in [2.75, 3.05) is 7.11 Å². The number of allylic oxidation sites excluding steroid dienone is 2. The minimum Gasteiger partial charge on any atom is -0.399 e. The van der Waals surface area contributed by atoms with Gasteiger partial charge in [0.25, 0.3) is 0 Å². The fraction of sp³-hybridized carbons (Fsp3) is 0.667. The second-order valence-electron chi connectivity index (χ2n) is 2.32. The number of nitrogens with zero attached hydrogens (tertiary/aromatic N) is 1. The molecule has 0 atom stereocenters. The van der Waals surface area contributed by atoms with Gasteiger partial charge >= 0.3 is 0 Å². The van der Waals surface area contributed by atoms with Crippen LogP contribution in [0.15, 0.2) is 17.3 Å². The summed E-state index contributed by atoms with van der Waals surface area (Å²) >= 11 is 0. The molecule has 0 saturated carbocycles. The van der Waals surface area contributed by atoms with Crippen LogP contribution < -0.4 is 0 Å². The van der Waals surface area contributed by atoms with E-state index in [1.807, 2.05) is 0 Å². The molecule has 0 spiro atoms. The molecular formula is C9H17NO. The van der Waals surface area contributed by atoms with Crippen molar-refractivity contribution in [2.24, 2.45) is 5.16 Å². The summed E-state index contributed by atoms with van der Waals surface area (Å²) in [5, 5.41) is 3.61. The Kier molecular flexibility index (Phi) is 8.55. The van der Waals surface area contributed by atoms with Gasteiger partial charge in [-0.05, 0) is 6.42 Å². The normalized spacial score (nSPS) is 11.5. The van der Waals surface area contributed by atoms with Gasteiger partial charge in [0.05, 0.1) is 0 Å². The monoisotopic (exact) mass is 155 g/mol. The van der Waals surface area contributed by atoms with E-state index in [9.17, 15) is 0 Å². The third-order valence-corrected chi connectivity index (χ3v) is 1.31. The maximum absolute atomic E-state index is 4.51. The highest BCUT2D eigenvalue weighted by atomic mass is 16.6. The van der Waals surface area contributed by atoms with Gasteiger partial charge in [0.1, 0.15) is 7.11 Å². The van der Waals surface area contributed by atoms with Crippen molar-refractivity contribution in [3.05, 3.63) is 12.2 Å². The van der Waals surface area contributed by atoms with Crippen LogP contribution in [0.5, 0.6) is 0 Å². The second-order valence-corrected chi connectivity index (χ2v) is 2.32. The van der Waals surface area contributed by atoms with E-state index in [2.05, 4.69) is 29.1 Å². The molecule has 0 aliphatic rings. The van der Waals surface area contributed by atoms with Crippen molar-refractivity contribution in [1.29, 1.82) is 0 Å². The van der Waals surface area contributed by atoms with Crippen molar-refractivity contribution >= 4 is 6.21 Å². The van der Waals surface area contributed by atoms with E-state index in [0.29, 0.717) is 0 Å². The Balaban J connectivity index is 3.09. The summed E-state index contributed by atoms with van der Waals surface area (Å²) in [5.74, 6) is 0. The van der Waals surface area contributed by atoms with Crippen LogP contribution >= 0.6 is 0 Å². The van der Waals surface area contributed by atoms with E-state index in [4.69, 9.17) is 0 Å². The van der Waals surface area contributed by atoms with E-state index >= 15 is 0 Å². The van der Waals surface area contributed by atoms with E-state index in [0.717, 1.165) is 6.42 Å². The lowest BCUT2D eigenvalue weighted by Crippen LogP contribution is -1.73. The number of rotatable bonds is 6. The highest BCUT2D eigenvalue weighted by molar-refractivity contribution is 5.58. The number of hydrogen-bond acceptors (Lipinski definition) is 2. The fourth-order valence-electron chi connectivity index (χ4n) is 0.714. The molecule has 0 aromatic carbocycles. The van der Waals surface area contributed by atoms with Gasteiger partial charge in [-0.3, -0.25) is 0 Å². The van der Waals surface area contributed by atoms with E-state index in [1.165, 1.54) is 19.3 Å².